The highest BCUT2D eigenvalue weighted by molar-refractivity contribution is 6.29. The van der Waals surface area contributed by atoms with Gasteiger partial charge in [-0.3, -0.25) is 4.98 Å². The van der Waals surface area contributed by atoms with Gasteiger partial charge in [0, 0.05) is 0 Å². The Morgan fingerprint density at radius 1 is 1.56 bits per heavy atom. The van der Waals surface area contributed by atoms with Crippen LogP contribution in [0.15, 0.2) is 12.4 Å². The fourth-order valence-corrected chi connectivity index (χ4v) is 0.564. The van der Waals surface area contributed by atoms with E-state index in [-0.39, 0.29) is 0 Å². The van der Waals surface area contributed by atoms with Crippen molar-refractivity contribution in [1.29, 1.82) is 0 Å². The molecule has 0 aliphatic heterocycles. The van der Waals surface area contributed by atoms with E-state index in [1.54, 1.807) is 0 Å². The molecule has 0 saturated carbocycles. The third kappa shape index (κ3) is 1.54. The van der Waals surface area contributed by atoms with E-state index in [1.165, 1.54) is 19.5 Å². The van der Waals surface area contributed by atoms with Gasteiger partial charge < -0.3 is 4.74 Å². The number of aromatic nitrogens is 2. The van der Waals surface area contributed by atoms with Crippen molar-refractivity contribution in [3.8, 4) is 5.88 Å². The minimum absolute atomic E-state index is 0.342. The first-order valence-corrected chi connectivity index (χ1v) is 2.72. The predicted molar refractivity (Wildman–Crippen MR) is 33.6 cm³/mol. The van der Waals surface area contributed by atoms with Crippen molar-refractivity contribution >= 4 is 11.6 Å². The molecule has 0 bridgehead atoms. The average molecular weight is 145 g/mol. The fourth-order valence-electron chi connectivity index (χ4n) is 0.424. The molecule has 1 aromatic rings. The Hall–Kier alpha value is -0.830. The van der Waals surface area contributed by atoms with E-state index >= 15 is 0 Å². The SMILES string of the molecule is COc1cncc(Cl)n1. The minimum Gasteiger partial charge on any atom is -0.480 e. The summed E-state index contributed by atoms with van der Waals surface area (Å²) < 4.78 is 4.74. The maximum atomic E-state index is 5.47. The van der Waals surface area contributed by atoms with E-state index in [9.17, 15) is 0 Å². The lowest BCUT2D eigenvalue weighted by Crippen LogP contribution is -1.87. The number of rotatable bonds is 1. The summed E-state index contributed by atoms with van der Waals surface area (Å²) >= 11 is 5.47. The largest absolute Gasteiger partial charge is 0.480 e. The zero-order chi connectivity index (χ0) is 6.69. The number of hydrogen-bond acceptors (Lipinski definition) is 3. The van der Waals surface area contributed by atoms with Crippen molar-refractivity contribution in [3.63, 3.8) is 0 Å². The second kappa shape index (κ2) is 2.64. The van der Waals surface area contributed by atoms with Gasteiger partial charge in [0.25, 0.3) is 0 Å². The number of hydrogen-bond donors (Lipinski definition) is 0. The van der Waals surface area contributed by atoms with E-state index in [2.05, 4.69) is 9.97 Å². The van der Waals surface area contributed by atoms with Crippen LogP contribution in [0.1, 0.15) is 0 Å². The Bertz CT molecular complexity index is 204. The fraction of sp³-hybridized carbons (Fsp3) is 0.200. The molecule has 0 N–H and O–H groups in total. The van der Waals surface area contributed by atoms with E-state index in [0.29, 0.717) is 11.0 Å². The van der Waals surface area contributed by atoms with Gasteiger partial charge in [0.1, 0.15) is 0 Å². The lowest BCUT2D eigenvalue weighted by atomic mass is 10.7. The first-order valence-electron chi connectivity index (χ1n) is 2.34. The maximum absolute atomic E-state index is 5.47. The summed E-state index contributed by atoms with van der Waals surface area (Å²) in [4.78, 5) is 7.51. The molecule has 4 heteroatoms. The van der Waals surface area contributed by atoms with Gasteiger partial charge in [0.2, 0.25) is 5.88 Å². The molecular formula is C5H5ClN2O. The molecule has 0 aliphatic carbocycles. The Morgan fingerprint density at radius 2 is 2.33 bits per heavy atom. The molecule has 1 heterocycles. The smallest absolute Gasteiger partial charge is 0.233 e. The van der Waals surface area contributed by atoms with Crippen LogP contribution in [0.3, 0.4) is 0 Å². The molecule has 0 amide bonds. The van der Waals surface area contributed by atoms with Crippen molar-refractivity contribution in [1.82, 2.24) is 9.97 Å². The summed E-state index contributed by atoms with van der Waals surface area (Å²) in [5.74, 6) is 0.433. The second-order valence-corrected chi connectivity index (χ2v) is 1.77. The van der Waals surface area contributed by atoms with Gasteiger partial charge in [-0.1, -0.05) is 11.6 Å². The van der Waals surface area contributed by atoms with E-state index in [1.807, 2.05) is 0 Å². The van der Waals surface area contributed by atoms with E-state index in [0.717, 1.165) is 0 Å². The third-order valence-electron chi connectivity index (χ3n) is 0.792. The molecule has 0 aliphatic rings. The van der Waals surface area contributed by atoms with Crippen molar-refractivity contribution < 1.29 is 4.74 Å². The third-order valence-corrected chi connectivity index (χ3v) is 0.974. The Kier molecular flexibility index (Phi) is 1.85. The van der Waals surface area contributed by atoms with Crippen molar-refractivity contribution in [2.45, 2.75) is 0 Å². The molecule has 1 rings (SSSR count). The van der Waals surface area contributed by atoms with Gasteiger partial charge >= 0.3 is 0 Å². The van der Waals surface area contributed by atoms with Crippen molar-refractivity contribution in [2.75, 3.05) is 7.11 Å². The number of nitrogens with zero attached hydrogens (tertiary/aromatic N) is 2. The van der Waals surface area contributed by atoms with Crippen LogP contribution < -0.4 is 4.74 Å². The predicted octanol–water partition coefficient (Wildman–Crippen LogP) is 1.14. The van der Waals surface area contributed by atoms with Crippen LogP contribution in [0.5, 0.6) is 5.88 Å². The number of ether oxygens (including phenoxy) is 1. The molecule has 9 heavy (non-hydrogen) atoms. The zero-order valence-electron chi connectivity index (χ0n) is 4.84. The van der Waals surface area contributed by atoms with Crippen LogP contribution in [-0.2, 0) is 0 Å². The van der Waals surface area contributed by atoms with Gasteiger partial charge in [-0.15, -0.1) is 0 Å². The summed E-state index contributed by atoms with van der Waals surface area (Å²) in [6, 6.07) is 0. The summed E-state index contributed by atoms with van der Waals surface area (Å²) in [7, 11) is 1.51. The van der Waals surface area contributed by atoms with Crippen LogP contribution in [0, 0.1) is 0 Å². The van der Waals surface area contributed by atoms with Gasteiger partial charge in [-0.25, -0.2) is 0 Å². The molecule has 1 aromatic heterocycles. The second-order valence-electron chi connectivity index (χ2n) is 1.38. The highest BCUT2D eigenvalue weighted by Crippen LogP contribution is 2.07. The molecule has 0 unspecified atom stereocenters. The first kappa shape index (κ1) is 6.29. The minimum atomic E-state index is 0.342. The topological polar surface area (TPSA) is 35.0 Å². The molecule has 0 radical (unpaired) electrons. The van der Waals surface area contributed by atoms with Crippen LogP contribution in [0.2, 0.25) is 5.15 Å². The van der Waals surface area contributed by atoms with Crippen LogP contribution in [-0.4, -0.2) is 17.1 Å². The van der Waals surface area contributed by atoms with Gasteiger partial charge in [0.15, 0.2) is 5.15 Å². The van der Waals surface area contributed by atoms with Gasteiger partial charge in [0.05, 0.1) is 19.5 Å². The Labute approximate surface area is 57.7 Å². The lowest BCUT2D eigenvalue weighted by molar-refractivity contribution is 0.396. The summed E-state index contributed by atoms with van der Waals surface area (Å²) in [6.45, 7) is 0. The Balaban J connectivity index is 2.94. The summed E-state index contributed by atoms with van der Waals surface area (Å²) in [6.07, 6.45) is 2.94. The highest BCUT2D eigenvalue weighted by Gasteiger charge is 1.91. The standard InChI is InChI=1S/C5H5ClN2O/c1-9-5-3-7-2-4(6)8-5/h2-3H,1H3. The maximum Gasteiger partial charge on any atom is 0.233 e. The van der Waals surface area contributed by atoms with E-state index in [4.69, 9.17) is 16.3 Å². The number of methoxy groups -OCH3 is 1. The summed E-state index contributed by atoms with van der Waals surface area (Å²) in [5, 5.41) is 0.342. The molecule has 0 saturated heterocycles. The average Bonchev–Trinajstić information content (AvgIpc) is 1.88. The monoisotopic (exact) mass is 144 g/mol. The lowest BCUT2D eigenvalue weighted by Gasteiger charge is -1.94. The molecule has 0 atom stereocenters. The van der Waals surface area contributed by atoms with Crippen molar-refractivity contribution in [3.05, 3.63) is 17.5 Å². The molecule has 0 spiro atoms. The zero-order valence-corrected chi connectivity index (χ0v) is 5.59. The highest BCUT2D eigenvalue weighted by atomic mass is 35.5. The quantitative estimate of drug-likeness (QED) is 0.593. The molecule has 0 aromatic carbocycles. The van der Waals surface area contributed by atoms with E-state index < -0.39 is 0 Å². The first-order chi connectivity index (χ1) is 4.33. The van der Waals surface area contributed by atoms with Crippen LogP contribution >= 0.6 is 11.6 Å². The van der Waals surface area contributed by atoms with Gasteiger partial charge in [-0.05, 0) is 0 Å². The molecule has 0 fully saturated rings. The van der Waals surface area contributed by atoms with Gasteiger partial charge in [-0.2, -0.15) is 4.98 Å². The molecule has 3 nitrogen and oxygen atoms in total. The number of halogens is 1. The van der Waals surface area contributed by atoms with Crippen molar-refractivity contribution in [2.24, 2.45) is 0 Å². The normalized spacial score (nSPS) is 9.11. The Morgan fingerprint density at radius 3 is 2.78 bits per heavy atom. The molecular weight excluding hydrogens is 140 g/mol. The molecule has 48 valence electrons. The van der Waals surface area contributed by atoms with Crippen LogP contribution in [0.4, 0.5) is 0 Å². The van der Waals surface area contributed by atoms with Crippen LogP contribution in [0.25, 0.3) is 0 Å². The summed E-state index contributed by atoms with van der Waals surface area (Å²) in [5.41, 5.74) is 0.